The Morgan fingerprint density at radius 3 is 2.70 bits per heavy atom. The standard InChI is InChI=1S/C15H21N3O2/c1-10(2)17-15(20)16-9-11-4-3-5-13(8-11)18-14(19)12-6-7-12/h3-5,8,10,12H,6-7,9H2,1-2H3,(H,18,19)(H2,16,17,20). The van der Waals surface area contributed by atoms with E-state index in [4.69, 9.17) is 0 Å². The number of urea groups is 1. The van der Waals surface area contributed by atoms with Gasteiger partial charge in [0, 0.05) is 24.2 Å². The highest BCUT2D eigenvalue weighted by molar-refractivity contribution is 5.94. The summed E-state index contributed by atoms with van der Waals surface area (Å²) in [7, 11) is 0. The second-order valence-electron chi connectivity index (χ2n) is 5.45. The van der Waals surface area contributed by atoms with Crippen LogP contribution in [0.15, 0.2) is 24.3 Å². The van der Waals surface area contributed by atoms with Crippen molar-refractivity contribution in [1.29, 1.82) is 0 Å². The molecule has 1 aliphatic carbocycles. The lowest BCUT2D eigenvalue weighted by molar-refractivity contribution is -0.117. The van der Waals surface area contributed by atoms with Crippen molar-refractivity contribution in [2.45, 2.75) is 39.3 Å². The SMILES string of the molecule is CC(C)NC(=O)NCc1cccc(NC(=O)C2CC2)c1. The molecular formula is C15H21N3O2. The Morgan fingerprint density at radius 2 is 2.05 bits per heavy atom. The summed E-state index contributed by atoms with van der Waals surface area (Å²) in [4.78, 5) is 23.2. The normalized spacial score (nSPS) is 13.9. The second-order valence-corrected chi connectivity index (χ2v) is 5.45. The van der Waals surface area contributed by atoms with Crippen molar-refractivity contribution in [2.75, 3.05) is 5.32 Å². The van der Waals surface area contributed by atoms with Gasteiger partial charge in [-0.05, 0) is 44.4 Å². The van der Waals surface area contributed by atoms with Crippen LogP contribution >= 0.6 is 0 Å². The van der Waals surface area contributed by atoms with E-state index in [1.54, 1.807) is 0 Å². The van der Waals surface area contributed by atoms with E-state index in [2.05, 4.69) is 16.0 Å². The zero-order valence-electron chi connectivity index (χ0n) is 11.9. The van der Waals surface area contributed by atoms with Crippen molar-refractivity contribution in [1.82, 2.24) is 10.6 Å². The quantitative estimate of drug-likeness (QED) is 0.771. The van der Waals surface area contributed by atoms with Crippen molar-refractivity contribution in [3.63, 3.8) is 0 Å². The average Bonchev–Trinajstić information content (AvgIpc) is 3.20. The van der Waals surface area contributed by atoms with E-state index in [-0.39, 0.29) is 23.9 Å². The van der Waals surface area contributed by atoms with Gasteiger partial charge >= 0.3 is 6.03 Å². The Hall–Kier alpha value is -2.04. The fourth-order valence-electron chi connectivity index (χ4n) is 1.84. The molecule has 0 atom stereocenters. The van der Waals surface area contributed by atoms with Gasteiger partial charge in [0.2, 0.25) is 5.91 Å². The minimum Gasteiger partial charge on any atom is -0.336 e. The lowest BCUT2D eigenvalue weighted by Crippen LogP contribution is -2.39. The summed E-state index contributed by atoms with van der Waals surface area (Å²) in [6.07, 6.45) is 1.98. The molecule has 0 spiro atoms. The third-order valence-electron chi connectivity index (χ3n) is 3.02. The predicted molar refractivity (Wildman–Crippen MR) is 78.3 cm³/mol. The van der Waals surface area contributed by atoms with Crippen molar-refractivity contribution >= 4 is 17.6 Å². The Kier molecular flexibility index (Phi) is 4.61. The van der Waals surface area contributed by atoms with Crippen LogP contribution in [0, 0.1) is 5.92 Å². The Bertz CT molecular complexity index is 496. The summed E-state index contributed by atoms with van der Waals surface area (Å²) < 4.78 is 0. The van der Waals surface area contributed by atoms with Crippen LogP contribution in [-0.2, 0) is 11.3 Å². The number of hydrogen-bond acceptors (Lipinski definition) is 2. The van der Waals surface area contributed by atoms with Crippen LogP contribution in [0.25, 0.3) is 0 Å². The lowest BCUT2D eigenvalue weighted by atomic mass is 10.2. The molecule has 0 aromatic heterocycles. The first kappa shape index (κ1) is 14.4. The van der Waals surface area contributed by atoms with Gasteiger partial charge in [-0.25, -0.2) is 4.79 Å². The number of amides is 3. The summed E-state index contributed by atoms with van der Waals surface area (Å²) in [5.74, 6) is 0.279. The number of nitrogens with one attached hydrogen (secondary N) is 3. The molecule has 3 N–H and O–H groups in total. The second kappa shape index (κ2) is 6.41. The molecule has 0 bridgehead atoms. The van der Waals surface area contributed by atoms with Gasteiger partial charge in [0.05, 0.1) is 0 Å². The van der Waals surface area contributed by atoms with Crippen molar-refractivity contribution in [2.24, 2.45) is 5.92 Å². The fourth-order valence-corrected chi connectivity index (χ4v) is 1.84. The summed E-state index contributed by atoms with van der Waals surface area (Å²) >= 11 is 0. The van der Waals surface area contributed by atoms with E-state index >= 15 is 0 Å². The zero-order valence-corrected chi connectivity index (χ0v) is 11.9. The molecule has 0 radical (unpaired) electrons. The molecule has 1 aliphatic rings. The third kappa shape index (κ3) is 4.57. The van der Waals surface area contributed by atoms with Crippen LogP contribution in [-0.4, -0.2) is 18.0 Å². The smallest absolute Gasteiger partial charge is 0.315 e. The van der Waals surface area contributed by atoms with Crippen molar-refractivity contribution < 1.29 is 9.59 Å². The molecule has 108 valence electrons. The predicted octanol–water partition coefficient (Wildman–Crippen LogP) is 2.24. The number of benzene rings is 1. The summed E-state index contributed by atoms with van der Waals surface area (Å²) in [6, 6.07) is 7.46. The van der Waals surface area contributed by atoms with Gasteiger partial charge < -0.3 is 16.0 Å². The highest BCUT2D eigenvalue weighted by Gasteiger charge is 2.29. The minimum absolute atomic E-state index is 0.0904. The van der Waals surface area contributed by atoms with E-state index in [0.717, 1.165) is 24.1 Å². The van der Waals surface area contributed by atoms with Crippen LogP contribution in [0.2, 0.25) is 0 Å². The highest BCUT2D eigenvalue weighted by atomic mass is 16.2. The maximum absolute atomic E-state index is 11.7. The zero-order chi connectivity index (χ0) is 14.5. The first-order valence-electron chi connectivity index (χ1n) is 6.99. The molecule has 0 unspecified atom stereocenters. The monoisotopic (exact) mass is 275 g/mol. The van der Waals surface area contributed by atoms with E-state index in [1.165, 1.54) is 0 Å². The molecule has 0 aliphatic heterocycles. The third-order valence-corrected chi connectivity index (χ3v) is 3.02. The number of rotatable bonds is 5. The van der Waals surface area contributed by atoms with Gasteiger partial charge in [0.15, 0.2) is 0 Å². The number of hydrogen-bond donors (Lipinski definition) is 3. The largest absolute Gasteiger partial charge is 0.336 e. The number of carbonyl (C=O) groups excluding carboxylic acids is 2. The molecule has 2 rings (SSSR count). The van der Waals surface area contributed by atoms with Crippen LogP contribution in [0.4, 0.5) is 10.5 Å². The molecule has 5 heteroatoms. The summed E-state index contributed by atoms with van der Waals surface area (Å²) in [5, 5.41) is 8.44. The lowest BCUT2D eigenvalue weighted by Gasteiger charge is -2.11. The molecule has 1 saturated carbocycles. The molecule has 1 aromatic rings. The van der Waals surface area contributed by atoms with Gasteiger partial charge in [-0.1, -0.05) is 12.1 Å². The van der Waals surface area contributed by atoms with Crippen LogP contribution in [0.5, 0.6) is 0 Å². The maximum Gasteiger partial charge on any atom is 0.315 e. The Labute approximate surface area is 119 Å². The first-order valence-corrected chi connectivity index (χ1v) is 6.99. The molecular weight excluding hydrogens is 254 g/mol. The number of carbonyl (C=O) groups is 2. The summed E-state index contributed by atoms with van der Waals surface area (Å²) in [6.45, 7) is 4.26. The fraction of sp³-hybridized carbons (Fsp3) is 0.467. The topological polar surface area (TPSA) is 70.2 Å². The van der Waals surface area contributed by atoms with E-state index in [0.29, 0.717) is 6.54 Å². The maximum atomic E-state index is 11.7. The molecule has 1 fully saturated rings. The molecule has 1 aromatic carbocycles. The highest BCUT2D eigenvalue weighted by Crippen LogP contribution is 2.30. The van der Waals surface area contributed by atoms with Gasteiger partial charge in [-0.2, -0.15) is 0 Å². The molecule has 0 heterocycles. The van der Waals surface area contributed by atoms with Gasteiger partial charge in [-0.15, -0.1) is 0 Å². The van der Waals surface area contributed by atoms with Crippen LogP contribution in [0.3, 0.4) is 0 Å². The van der Waals surface area contributed by atoms with Gasteiger partial charge in [0.1, 0.15) is 0 Å². The Morgan fingerprint density at radius 1 is 1.30 bits per heavy atom. The van der Waals surface area contributed by atoms with Crippen LogP contribution < -0.4 is 16.0 Å². The summed E-state index contributed by atoms with van der Waals surface area (Å²) in [5.41, 5.74) is 1.74. The molecule has 5 nitrogen and oxygen atoms in total. The molecule has 20 heavy (non-hydrogen) atoms. The first-order chi connectivity index (χ1) is 9.54. The van der Waals surface area contributed by atoms with Gasteiger partial charge in [0.25, 0.3) is 0 Å². The van der Waals surface area contributed by atoms with E-state index in [1.807, 2.05) is 38.1 Å². The van der Waals surface area contributed by atoms with Crippen molar-refractivity contribution in [3.05, 3.63) is 29.8 Å². The molecule has 3 amide bonds. The average molecular weight is 275 g/mol. The molecule has 0 saturated heterocycles. The van der Waals surface area contributed by atoms with E-state index in [9.17, 15) is 9.59 Å². The van der Waals surface area contributed by atoms with Crippen molar-refractivity contribution in [3.8, 4) is 0 Å². The van der Waals surface area contributed by atoms with Crippen LogP contribution in [0.1, 0.15) is 32.3 Å². The minimum atomic E-state index is -0.188. The van der Waals surface area contributed by atoms with E-state index < -0.39 is 0 Å². The Balaban J connectivity index is 1.85. The number of anilines is 1. The van der Waals surface area contributed by atoms with Gasteiger partial charge in [-0.3, -0.25) is 4.79 Å².